The lowest BCUT2D eigenvalue weighted by Gasteiger charge is -2.08. The van der Waals surface area contributed by atoms with Gasteiger partial charge in [-0.2, -0.15) is 0 Å². The van der Waals surface area contributed by atoms with Gasteiger partial charge >= 0.3 is 0 Å². The van der Waals surface area contributed by atoms with Crippen LogP contribution >= 0.6 is 23.1 Å². The molecule has 0 atom stereocenters. The Morgan fingerprint density at radius 3 is 2.44 bits per heavy atom. The number of anilines is 1. The molecule has 2 aromatic heterocycles. The smallest absolute Gasteiger partial charge is 0.236 e. The lowest BCUT2D eigenvalue weighted by atomic mass is 10.2. The second kappa shape index (κ2) is 9.92. The first-order valence-electron chi connectivity index (χ1n) is 9.98. The molecule has 0 aliphatic rings. The summed E-state index contributed by atoms with van der Waals surface area (Å²) >= 11 is 2.68. The maximum absolute atomic E-state index is 12.5. The molecule has 1 amide bonds. The number of aromatic nitrogens is 5. The predicted molar refractivity (Wildman–Crippen MR) is 127 cm³/mol. The number of carbonyl (C=O) groups excluding carboxylic acids is 1. The van der Waals surface area contributed by atoms with Crippen LogP contribution in [-0.2, 0) is 11.3 Å². The Hall–Kier alpha value is -3.24. The van der Waals surface area contributed by atoms with Crippen molar-refractivity contribution in [1.29, 1.82) is 0 Å². The van der Waals surface area contributed by atoms with E-state index in [1.807, 2.05) is 66.9 Å². The number of ether oxygens (including phenoxy) is 1. The molecule has 1 N–H and O–H groups in total. The van der Waals surface area contributed by atoms with Crippen LogP contribution in [-0.4, -0.2) is 43.7 Å². The van der Waals surface area contributed by atoms with Crippen LogP contribution in [0.15, 0.2) is 53.7 Å². The molecule has 0 fully saturated rings. The SMILES string of the molecule is CCn1c(SCC(=O)Nc2nnc(-c3ccc(C)cc3)s2)nnc1-c1ccc(OC)cc1. The van der Waals surface area contributed by atoms with Crippen molar-refractivity contribution in [3.63, 3.8) is 0 Å². The molecule has 0 radical (unpaired) electrons. The van der Waals surface area contributed by atoms with E-state index in [0.717, 1.165) is 27.7 Å². The summed E-state index contributed by atoms with van der Waals surface area (Å²) in [7, 11) is 1.63. The monoisotopic (exact) mass is 466 g/mol. The van der Waals surface area contributed by atoms with Crippen molar-refractivity contribution in [2.24, 2.45) is 0 Å². The van der Waals surface area contributed by atoms with Crippen LogP contribution in [0, 0.1) is 6.92 Å². The fourth-order valence-electron chi connectivity index (χ4n) is 3.01. The zero-order valence-electron chi connectivity index (χ0n) is 17.9. The molecule has 0 saturated heterocycles. The first-order valence-corrected chi connectivity index (χ1v) is 11.8. The van der Waals surface area contributed by atoms with Crippen LogP contribution in [0.2, 0.25) is 0 Å². The van der Waals surface area contributed by atoms with Crippen LogP contribution in [0.25, 0.3) is 22.0 Å². The lowest BCUT2D eigenvalue weighted by molar-refractivity contribution is -0.113. The molecule has 2 heterocycles. The van der Waals surface area contributed by atoms with Crippen LogP contribution < -0.4 is 10.1 Å². The quantitative estimate of drug-likeness (QED) is 0.381. The molecule has 0 unspecified atom stereocenters. The Morgan fingerprint density at radius 1 is 1.03 bits per heavy atom. The number of methoxy groups -OCH3 is 1. The summed E-state index contributed by atoms with van der Waals surface area (Å²) in [5.74, 6) is 1.56. The van der Waals surface area contributed by atoms with Gasteiger partial charge in [0.15, 0.2) is 11.0 Å². The van der Waals surface area contributed by atoms with E-state index in [1.165, 1.54) is 28.7 Å². The highest BCUT2D eigenvalue weighted by Crippen LogP contribution is 2.28. The summed E-state index contributed by atoms with van der Waals surface area (Å²) in [5, 5.41) is 21.6. The maximum atomic E-state index is 12.5. The van der Waals surface area contributed by atoms with E-state index in [-0.39, 0.29) is 11.7 Å². The molecule has 0 aliphatic heterocycles. The van der Waals surface area contributed by atoms with Crippen molar-refractivity contribution in [3.05, 3.63) is 54.1 Å². The van der Waals surface area contributed by atoms with E-state index in [1.54, 1.807) is 7.11 Å². The number of hydrogen-bond donors (Lipinski definition) is 1. The van der Waals surface area contributed by atoms with Crippen LogP contribution in [0.5, 0.6) is 5.75 Å². The number of nitrogens with zero attached hydrogens (tertiary/aromatic N) is 5. The molecule has 164 valence electrons. The minimum Gasteiger partial charge on any atom is -0.497 e. The van der Waals surface area contributed by atoms with E-state index >= 15 is 0 Å². The third kappa shape index (κ3) is 4.97. The first kappa shape index (κ1) is 22.0. The minimum atomic E-state index is -0.168. The second-order valence-corrected chi connectivity index (χ2v) is 8.81. The maximum Gasteiger partial charge on any atom is 0.236 e. The Kier molecular flexibility index (Phi) is 6.81. The van der Waals surface area contributed by atoms with Gasteiger partial charge in [-0.15, -0.1) is 20.4 Å². The molecule has 0 aliphatic carbocycles. The number of thioether (sulfide) groups is 1. The van der Waals surface area contributed by atoms with E-state index in [2.05, 4.69) is 25.7 Å². The number of nitrogens with one attached hydrogen (secondary N) is 1. The van der Waals surface area contributed by atoms with Crippen molar-refractivity contribution >= 4 is 34.1 Å². The highest BCUT2D eigenvalue weighted by Gasteiger charge is 2.16. The third-order valence-electron chi connectivity index (χ3n) is 4.68. The van der Waals surface area contributed by atoms with Gasteiger partial charge in [0, 0.05) is 17.7 Å². The van der Waals surface area contributed by atoms with Crippen molar-refractivity contribution in [2.45, 2.75) is 25.5 Å². The van der Waals surface area contributed by atoms with E-state index in [0.29, 0.717) is 16.8 Å². The summed E-state index contributed by atoms with van der Waals surface area (Å²) in [6, 6.07) is 15.7. The normalized spacial score (nSPS) is 10.8. The molecular formula is C22H22N6O2S2. The third-order valence-corrected chi connectivity index (χ3v) is 6.54. The number of amides is 1. The average molecular weight is 467 g/mol. The van der Waals surface area contributed by atoms with Gasteiger partial charge in [-0.25, -0.2) is 0 Å². The molecule has 0 spiro atoms. The molecule has 8 nitrogen and oxygen atoms in total. The van der Waals surface area contributed by atoms with Gasteiger partial charge < -0.3 is 9.30 Å². The summed E-state index contributed by atoms with van der Waals surface area (Å²) in [6.45, 7) is 4.75. The summed E-state index contributed by atoms with van der Waals surface area (Å²) in [5.41, 5.74) is 3.10. The highest BCUT2D eigenvalue weighted by molar-refractivity contribution is 7.99. The second-order valence-electron chi connectivity index (χ2n) is 6.89. The largest absolute Gasteiger partial charge is 0.497 e. The molecule has 0 bridgehead atoms. The minimum absolute atomic E-state index is 0.168. The standard InChI is InChI=1S/C22H22N6O2S2/c1-4-28-19(15-9-11-17(30-3)12-10-15)24-27-22(28)31-13-18(29)23-21-26-25-20(32-21)16-7-5-14(2)6-8-16/h5-12H,4,13H2,1-3H3,(H,23,26,29). The molecule has 32 heavy (non-hydrogen) atoms. The highest BCUT2D eigenvalue weighted by atomic mass is 32.2. The van der Waals surface area contributed by atoms with Gasteiger partial charge in [0.2, 0.25) is 11.0 Å². The van der Waals surface area contributed by atoms with Crippen LogP contribution in [0.1, 0.15) is 12.5 Å². The van der Waals surface area contributed by atoms with Crippen LogP contribution in [0.3, 0.4) is 0 Å². The van der Waals surface area contributed by atoms with Crippen molar-refractivity contribution in [2.75, 3.05) is 18.2 Å². The summed E-state index contributed by atoms with van der Waals surface area (Å²) in [4.78, 5) is 12.5. The number of hydrogen-bond acceptors (Lipinski definition) is 8. The molecule has 2 aromatic carbocycles. The zero-order chi connectivity index (χ0) is 22.5. The average Bonchev–Trinajstić information content (AvgIpc) is 3.45. The molecular weight excluding hydrogens is 444 g/mol. The number of rotatable bonds is 8. The van der Waals surface area contributed by atoms with Crippen LogP contribution in [0.4, 0.5) is 5.13 Å². The molecule has 4 aromatic rings. The Morgan fingerprint density at radius 2 is 1.75 bits per heavy atom. The molecule has 0 saturated carbocycles. The van der Waals surface area contributed by atoms with Crippen molar-refractivity contribution in [3.8, 4) is 27.7 Å². The predicted octanol–water partition coefficient (Wildman–Crippen LogP) is 4.53. The van der Waals surface area contributed by atoms with Gasteiger partial charge in [-0.05, 0) is 38.1 Å². The van der Waals surface area contributed by atoms with E-state index in [9.17, 15) is 4.79 Å². The number of aryl methyl sites for hydroxylation is 1. The summed E-state index contributed by atoms with van der Waals surface area (Å²) in [6.07, 6.45) is 0. The van der Waals surface area contributed by atoms with Gasteiger partial charge in [0.25, 0.3) is 0 Å². The first-order chi connectivity index (χ1) is 15.6. The Labute approximate surface area is 194 Å². The number of carbonyl (C=O) groups is 1. The molecule has 10 heteroatoms. The van der Waals surface area contributed by atoms with Gasteiger partial charge in [-0.1, -0.05) is 52.9 Å². The topological polar surface area (TPSA) is 94.8 Å². The zero-order valence-corrected chi connectivity index (χ0v) is 19.5. The Balaban J connectivity index is 1.39. The van der Waals surface area contributed by atoms with Gasteiger partial charge in [0.05, 0.1) is 12.9 Å². The van der Waals surface area contributed by atoms with E-state index < -0.39 is 0 Å². The fourth-order valence-corrected chi connectivity index (χ4v) is 4.57. The van der Waals surface area contributed by atoms with Gasteiger partial charge in [0.1, 0.15) is 10.8 Å². The van der Waals surface area contributed by atoms with Gasteiger partial charge in [-0.3, -0.25) is 10.1 Å². The lowest BCUT2D eigenvalue weighted by Crippen LogP contribution is -2.14. The number of benzene rings is 2. The van der Waals surface area contributed by atoms with E-state index in [4.69, 9.17) is 4.74 Å². The molecule has 4 rings (SSSR count). The fraction of sp³-hybridized carbons (Fsp3) is 0.227. The van der Waals surface area contributed by atoms with Crippen molar-refractivity contribution in [1.82, 2.24) is 25.0 Å². The summed E-state index contributed by atoms with van der Waals surface area (Å²) < 4.78 is 7.20. The Bertz CT molecular complexity index is 1200. The van der Waals surface area contributed by atoms with Crippen molar-refractivity contribution < 1.29 is 9.53 Å².